The predicted octanol–water partition coefficient (Wildman–Crippen LogP) is 2.77. The Bertz CT molecular complexity index is 556. The molecule has 0 aliphatic rings. The first-order valence-electron chi connectivity index (χ1n) is 5.35. The molecule has 1 amide bonds. The maximum atomic E-state index is 11.8. The van der Waals surface area contributed by atoms with Crippen LogP contribution in [0.25, 0.3) is 0 Å². The topological polar surface area (TPSA) is 54.0 Å². The van der Waals surface area contributed by atoms with Gasteiger partial charge in [0.05, 0.1) is 12.2 Å². The van der Waals surface area contributed by atoms with Crippen molar-refractivity contribution in [3.05, 3.63) is 45.9 Å². The summed E-state index contributed by atoms with van der Waals surface area (Å²) in [6.45, 7) is 0.406. The lowest BCUT2D eigenvalue weighted by molar-refractivity contribution is 0.0950. The monoisotopic (exact) mass is 281 g/mol. The first kappa shape index (κ1) is 12.9. The molecule has 0 saturated heterocycles. The van der Waals surface area contributed by atoms with Crippen molar-refractivity contribution in [2.45, 2.75) is 6.54 Å². The molecule has 0 spiro atoms. The molecule has 0 bridgehead atoms. The van der Waals surface area contributed by atoms with Gasteiger partial charge in [-0.05, 0) is 18.2 Å². The van der Waals surface area contributed by atoms with Gasteiger partial charge in [0.1, 0.15) is 0 Å². The molecule has 2 aromatic rings. The predicted molar refractivity (Wildman–Crippen MR) is 74.3 cm³/mol. The van der Waals surface area contributed by atoms with Gasteiger partial charge in [-0.1, -0.05) is 17.7 Å². The zero-order chi connectivity index (χ0) is 13.0. The Hall–Kier alpha value is -1.59. The molecule has 0 saturated carbocycles. The molecule has 2 N–H and O–H groups in total. The van der Waals surface area contributed by atoms with Crippen LogP contribution in [0.5, 0.6) is 0 Å². The van der Waals surface area contributed by atoms with Gasteiger partial charge in [-0.2, -0.15) is 0 Å². The van der Waals surface area contributed by atoms with Crippen LogP contribution in [-0.2, 0) is 6.54 Å². The summed E-state index contributed by atoms with van der Waals surface area (Å²) in [7, 11) is 1.81. The summed E-state index contributed by atoms with van der Waals surface area (Å²) in [4.78, 5) is 16.1. The van der Waals surface area contributed by atoms with E-state index >= 15 is 0 Å². The van der Waals surface area contributed by atoms with E-state index in [2.05, 4.69) is 15.6 Å². The zero-order valence-corrected chi connectivity index (χ0v) is 11.3. The molecule has 0 aliphatic carbocycles. The van der Waals surface area contributed by atoms with Crippen LogP contribution in [0.3, 0.4) is 0 Å². The van der Waals surface area contributed by atoms with E-state index in [0.717, 1.165) is 10.8 Å². The second kappa shape index (κ2) is 5.84. The molecule has 4 nitrogen and oxygen atoms in total. The van der Waals surface area contributed by atoms with Crippen LogP contribution in [0.4, 0.5) is 5.13 Å². The lowest BCUT2D eigenvalue weighted by Crippen LogP contribution is -2.22. The van der Waals surface area contributed by atoms with Crippen LogP contribution in [0.1, 0.15) is 16.1 Å². The van der Waals surface area contributed by atoms with Gasteiger partial charge >= 0.3 is 0 Å². The normalized spacial score (nSPS) is 10.1. The summed E-state index contributed by atoms with van der Waals surface area (Å²) in [5.41, 5.74) is 1.38. The SMILES string of the molecule is CNc1nc(CNC(=O)c2cccc(Cl)c2)cs1. The van der Waals surface area contributed by atoms with Crippen LogP contribution in [0.2, 0.25) is 5.02 Å². The fourth-order valence-corrected chi connectivity index (χ4v) is 2.27. The van der Waals surface area contributed by atoms with Crippen molar-refractivity contribution in [1.29, 1.82) is 0 Å². The maximum Gasteiger partial charge on any atom is 0.251 e. The third-order valence-electron chi connectivity index (χ3n) is 2.28. The average Bonchev–Trinajstić information content (AvgIpc) is 2.84. The van der Waals surface area contributed by atoms with Crippen molar-refractivity contribution < 1.29 is 4.79 Å². The lowest BCUT2D eigenvalue weighted by atomic mass is 10.2. The molecule has 1 heterocycles. The Morgan fingerprint density at radius 3 is 3.00 bits per heavy atom. The van der Waals surface area contributed by atoms with E-state index in [9.17, 15) is 4.79 Å². The molecule has 0 fully saturated rings. The number of hydrogen-bond acceptors (Lipinski definition) is 4. The van der Waals surface area contributed by atoms with E-state index in [1.807, 2.05) is 12.4 Å². The molecule has 94 valence electrons. The summed E-state index contributed by atoms with van der Waals surface area (Å²) in [5.74, 6) is -0.156. The third-order valence-corrected chi connectivity index (χ3v) is 3.43. The number of anilines is 1. The number of amides is 1. The minimum absolute atomic E-state index is 0.156. The fourth-order valence-electron chi connectivity index (χ4n) is 1.41. The highest BCUT2D eigenvalue weighted by Crippen LogP contribution is 2.14. The van der Waals surface area contributed by atoms with E-state index < -0.39 is 0 Å². The minimum atomic E-state index is -0.156. The van der Waals surface area contributed by atoms with E-state index in [4.69, 9.17) is 11.6 Å². The molecular formula is C12H12ClN3OS. The van der Waals surface area contributed by atoms with Crippen molar-refractivity contribution in [2.75, 3.05) is 12.4 Å². The largest absolute Gasteiger partial charge is 0.365 e. The molecular weight excluding hydrogens is 270 g/mol. The molecule has 1 aromatic heterocycles. The number of carbonyl (C=O) groups excluding carboxylic acids is 1. The van der Waals surface area contributed by atoms with Crippen molar-refractivity contribution >= 4 is 34.0 Å². The quantitative estimate of drug-likeness (QED) is 0.906. The molecule has 0 radical (unpaired) electrons. The molecule has 0 aliphatic heterocycles. The highest BCUT2D eigenvalue weighted by Gasteiger charge is 2.07. The van der Waals surface area contributed by atoms with Crippen LogP contribution < -0.4 is 10.6 Å². The molecule has 18 heavy (non-hydrogen) atoms. The summed E-state index contributed by atoms with van der Waals surface area (Å²) in [6.07, 6.45) is 0. The van der Waals surface area contributed by atoms with Crippen molar-refractivity contribution in [2.24, 2.45) is 0 Å². The first-order chi connectivity index (χ1) is 8.69. The number of aromatic nitrogens is 1. The van der Waals surface area contributed by atoms with Gasteiger partial charge in [0.25, 0.3) is 5.91 Å². The highest BCUT2D eigenvalue weighted by molar-refractivity contribution is 7.13. The van der Waals surface area contributed by atoms with E-state index in [1.165, 1.54) is 11.3 Å². The number of rotatable bonds is 4. The van der Waals surface area contributed by atoms with Gasteiger partial charge in [0.2, 0.25) is 0 Å². The second-order valence-corrected chi connectivity index (χ2v) is 4.88. The molecule has 6 heteroatoms. The fraction of sp³-hybridized carbons (Fsp3) is 0.167. The Balaban J connectivity index is 1.96. The minimum Gasteiger partial charge on any atom is -0.365 e. The van der Waals surface area contributed by atoms with Gasteiger partial charge in [0.15, 0.2) is 5.13 Å². The number of benzene rings is 1. The Morgan fingerprint density at radius 2 is 2.33 bits per heavy atom. The van der Waals surface area contributed by atoms with Gasteiger partial charge in [0, 0.05) is 23.0 Å². The highest BCUT2D eigenvalue weighted by atomic mass is 35.5. The number of carbonyl (C=O) groups is 1. The van der Waals surface area contributed by atoms with Crippen LogP contribution in [0.15, 0.2) is 29.6 Å². The Labute approximate surface area is 114 Å². The number of halogens is 1. The first-order valence-corrected chi connectivity index (χ1v) is 6.60. The average molecular weight is 282 g/mol. The van der Waals surface area contributed by atoms with E-state index in [1.54, 1.807) is 24.3 Å². The maximum absolute atomic E-state index is 11.8. The number of hydrogen-bond donors (Lipinski definition) is 2. The molecule has 1 aromatic carbocycles. The van der Waals surface area contributed by atoms with Gasteiger partial charge in [-0.3, -0.25) is 4.79 Å². The second-order valence-electron chi connectivity index (χ2n) is 3.59. The Kier molecular flexibility index (Phi) is 4.17. The van der Waals surface area contributed by atoms with Gasteiger partial charge < -0.3 is 10.6 Å². The Morgan fingerprint density at radius 1 is 1.50 bits per heavy atom. The van der Waals surface area contributed by atoms with Crippen LogP contribution in [-0.4, -0.2) is 17.9 Å². The van der Waals surface area contributed by atoms with Gasteiger partial charge in [-0.25, -0.2) is 4.98 Å². The number of nitrogens with one attached hydrogen (secondary N) is 2. The summed E-state index contributed by atoms with van der Waals surface area (Å²) in [5, 5.41) is 9.04. The van der Waals surface area contributed by atoms with Gasteiger partial charge in [-0.15, -0.1) is 11.3 Å². The zero-order valence-electron chi connectivity index (χ0n) is 9.74. The van der Waals surface area contributed by atoms with Crippen molar-refractivity contribution in [3.8, 4) is 0 Å². The lowest BCUT2D eigenvalue weighted by Gasteiger charge is -2.03. The van der Waals surface area contributed by atoms with Crippen LogP contribution in [0, 0.1) is 0 Å². The van der Waals surface area contributed by atoms with E-state index in [-0.39, 0.29) is 5.91 Å². The smallest absolute Gasteiger partial charge is 0.251 e. The summed E-state index contributed by atoms with van der Waals surface area (Å²) >= 11 is 7.33. The number of thiazole rings is 1. The standard InChI is InChI=1S/C12H12ClN3OS/c1-14-12-16-10(7-18-12)6-15-11(17)8-3-2-4-9(13)5-8/h2-5,7H,6H2,1H3,(H,14,16)(H,15,17). The number of nitrogens with zero attached hydrogens (tertiary/aromatic N) is 1. The molecule has 2 rings (SSSR count). The summed E-state index contributed by atoms with van der Waals surface area (Å²) in [6, 6.07) is 6.84. The molecule has 0 unspecified atom stereocenters. The van der Waals surface area contributed by atoms with Crippen molar-refractivity contribution in [3.63, 3.8) is 0 Å². The third kappa shape index (κ3) is 3.21. The van der Waals surface area contributed by atoms with Crippen LogP contribution >= 0.6 is 22.9 Å². The van der Waals surface area contributed by atoms with E-state index in [0.29, 0.717) is 17.1 Å². The summed E-state index contributed by atoms with van der Waals surface area (Å²) < 4.78 is 0. The molecule has 0 atom stereocenters. The van der Waals surface area contributed by atoms with Crippen molar-refractivity contribution in [1.82, 2.24) is 10.3 Å².